The SMILES string of the molecule is COC(=O)c1cc(=O)n(-c2ccccc2)c(=Nc2ccc(Cl)cc2)s1. The zero-order valence-electron chi connectivity index (χ0n) is 13.2. The second-order valence-corrected chi connectivity index (χ2v) is 6.43. The summed E-state index contributed by atoms with van der Waals surface area (Å²) < 4.78 is 6.17. The Hall–Kier alpha value is -2.70. The van der Waals surface area contributed by atoms with Crippen molar-refractivity contribution in [3.63, 3.8) is 0 Å². The van der Waals surface area contributed by atoms with Gasteiger partial charge in [-0.05, 0) is 36.4 Å². The van der Waals surface area contributed by atoms with Gasteiger partial charge < -0.3 is 4.74 Å². The molecule has 0 atom stereocenters. The molecule has 0 aliphatic carbocycles. The Morgan fingerprint density at radius 3 is 2.44 bits per heavy atom. The molecule has 1 aromatic heterocycles. The Labute approximate surface area is 152 Å². The molecule has 126 valence electrons. The standard InChI is InChI=1S/C18H13ClN2O3S/c1-24-17(23)15-11-16(22)21(14-5-3-2-4-6-14)18(25-15)20-13-9-7-12(19)8-10-13/h2-11H,1H3. The van der Waals surface area contributed by atoms with E-state index in [4.69, 9.17) is 16.3 Å². The molecule has 0 saturated heterocycles. The predicted molar refractivity (Wildman–Crippen MR) is 97.9 cm³/mol. The van der Waals surface area contributed by atoms with Crippen molar-refractivity contribution in [3.05, 3.63) is 85.7 Å². The van der Waals surface area contributed by atoms with Crippen LogP contribution in [0, 0.1) is 0 Å². The van der Waals surface area contributed by atoms with Crippen molar-refractivity contribution in [3.8, 4) is 5.69 Å². The summed E-state index contributed by atoms with van der Waals surface area (Å²) in [6.45, 7) is 0. The molecule has 0 radical (unpaired) electrons. The minimum atomic E-state index is -0.574. The van der Waals surface area contributed by atoms with E-state index in [1.165, 1.54) is 17.7 Å². The van der Waals surface area contributed by atoms with Gasteiger partial charge >= 0.3 is 5.97 Å². The van der Waals surface area contributed by atoms with Gasteiger partial charge in [-0.15, -0.1) is 0 Å². The number of benzene rings is 2. The number of aromatic nitrogens is 1. The molecular weight excluding hydrogens is 360 g/mol. The van der Waals surface area contributed by atoms with Gasteiger partial charge in [-0.3, -0.25) is 9.36 Å². The van der Waals surface area contributed by atoms with E-state index < -0.39 is 5.97 Å². The minimum Gasteiger partial charge on any atom is -0.465 e. The second kappa shape index (κ2) is 7.46. The first kappa shape index (κ1) is 17.1. The number of rotatable bonds is 3. The number of methoxy groups -OCH3 is 1. The van der Waals surface area contributed by atoms with Crippen LogP contribution < -0.4 is 10.4 Å². The number of nitrogens with zero attached hydrogens (tertiary/aromatic N) is 2. The lowest BCUT2D eigenvalue weighted by Gasteiger charge is -2.07. The summed E-state index contributed by atoms with van der Waals surface area (Å²) in [6, 6.07) is 17.2. The molecule has 5 nitrogen and oxygen atoms in total. The van der Waals surface area contributed by atoms with Crippen molar-refractivity contribution in [2.75, 3.05) is 7.11 Å². The fourth-order valence-corrected chi connectivity index (χ4v) is 3.25. The van der Waals surface area contributed by atoms with Crippen LogP contribution >= 0.6 is 22.9 Å². The summed E-state index contributed by atoms with van der Waals surface area (Å²) in [6.07, 6.45) is 0. The molecule has 0 spiro atoms. The first-order chi connectivity index (χ1) is 12.1. The van der Waals surface area contributed by atoms with E-state index >= 15 is 0 Å². The maximum absolute atomic E-state index is 12.6. The smallest absolute Gasteiger partial charge is 0.348 e. The van der Waals surface area contributed by atoms with Crippen molar-refractivity contribution in [1.82, 2.24) is 4.57 Å². The van der Waals surface area contributed by atoms with Gasteiger partial charge in [0, 0.05) is 11.1 Å². The highest BCUT2D eigenvalue weighted by atomic mass is 35.5. The Kier molecular flexibility index (Phi) is 5.11. The lowest BCUT2D eigenvalue weighted by molar-refractivity contribution is 0.0606. The third-order valence-corrected chi connectivity index (χ3v) is 4.53. The lowest BCUT2D eigenvalue weighted by atomic mass is 10.3. The molecule has 0 bridgehead atoms. The molecule has 0 fully saturated rings. The van der Waals surface area contributed by atoms with Crippen LogP contribution in [0.4, 0.5) is 5.69 Å². The summed E-state index contributed by atoms with van der Waals surface area (Å²) >= 11 is 6.98. The topological polar surface area (TPSA) is 60.7 Å². The molecular formula is C18H13ClN2O3S. The summed E-state index contributed by atoms with van der Waals surface area (Å²) in [4.78, 5) is 29.5. The van der Waals surface area contributed by atoms with Gasteiger partial charge in [-0.1, -0.05) is 41.1 Å². The second-order valence-electron chi connectivity index (χ2n) is 4.98. The van der Waals surface area contributed by atoms with Crippen LogP contribution in [-0.4, -0.2) is 17.6 Å². The van der Waals surface area contributed by atoms with Gasteiger partial charge in [0.25, 0.3) is 5.56 Å². The Balaban J connectivity index is 2.29. The molecule has 7 heteroatoms. The minimum absolute atomic E-state index is 0.187. The normalized spacial score (nSPS) is 11.4. The first-order valence-electron chi connectivity index (χ1n) is 7.30. The number of halogens is 1. The van der Waals surface area contributed by atoms with Crippen LogP contribution in [0.5, 0.6) is 0 Å². The average molecular weight is 373 g/mol. The summed E-state index contributed by atoms with van der Waals surface area (Å²) in [7, 11) is 1.27. The molecule has 0 unspecified atom stereocenters. The summed E-state index contributed by atoms with van der Waals surface area (Å²) in [5.41, 5.74) is 0.915. The highest BCUT2D eigenvalue weighted by Gasteiger charge is 2.12. The molecule has 0 saturated carbocycles. The number of carbonyl (C=O) groups is 1. The van der Waals surface area contributed by atoms with Gasteiger partial charge in [0.05, 0.1) is 18.5 Å². The largest absolute Gasteiger partial charge is 0.465 e. The molecule has 3 aromatic rings. The highest BCUT2D eigenvalue weighted by Crippen LogP contribution is 2.16. The van der Waals surface area contributed by atoms with Crippen molar-refractivity contribution < 1.29 is 9.53 Å². The van der Waals surface area contributed by atoms with E-state index in [9.17, 15) is 9.59 Å². The Bertz CT molecular complexity index is 1020. The molecule has 0 N–H and O–H groups in total. The monoisotopic (exact) mass is 372 g/mol. The van der Waals surface area contributed by atoms with Crippen LogP contribution in [0.2, 0.25) is 5.02 Å². The quantitative estimate of drug-likeness (QED) is 0.660. The van der Waals surface area contributed by atoms with Gasteiger partial charge in [0.1, 0.15) is 4.88 Å². The number of hydrogen-bond donors (Lipinski definition) is 0. The van der Waals surface area contributed by atoms with Crippen LogP contribution in [0.25, 0.3) is 5.69 Å². The predicted octanol–water partition coefficient (Wildman–Crippen LogP) is 3.57. The first-order valence-corrected chi connectivity index (χ1v) is 8.49. The van der Waals surface area contributed by atoms with Gasteiger partial charge in [-0.25, -0.2) is 9.79 Å². The maximum atomic E-state index is 12.6. The van der Waals surface area contributed by atoms with E-state index in [1.807, 2.05) is 18.2 Å². The zero-order valence-corrected chi connectivity index (χ0v) is 14.8. The molecule has 0 aliphatic rings. The molecule has 1 heterocycles. The number of hydrogen-bond acceptors (Lipinski definition) is 5. The molecule has 25 heavy (non-hydrogen) atoms. The van der Waals surface area contributed by atoms with E-state index in [1.54, 1.807) is 36.4 Å². The maximum Gasteiger partial charge on any atom is 0.348 e. The van der Waals surface area contributed by atoms with E-state index in [-0.39, 0.29) is 10.4 Å². The number of para-hydroxylation sites is 1. The fourth-order valence-electron chi connectivity index (χ4n) is 2.16. The Morgan fingerprint density at radius 2 is 1.80 bits per heavy atom. The van der Waals surface area contributed by atoms with Crippen molar-refractivity contribution in [2.24, 2.45) is 4.99 Å². The van der Waals surface area contributed by atoms with Crippen molar-refractivity contribution in [2.45, 2.75) is 0 Å². The van der Waals surface area contributed by atoms with Crippen LogP contribution in [0.15, 0.2) is 70.5 Å². The number of esters is 1. The summed E-state index contributed by atoms with van der Waals surface area (Å²) in [5, 5.41) is 0.589. The van der Waals surface area contributed by atoms with E-state index in [2.05, 4.69) is 4.99 Å². The fraction of sp³-hybridized carbons (Fsp3) is 0.0556. The van der Waals surface area contributed by atoms with Gasteiger partial charge in [0.2, 0.25) is 0 Å². The third-order valence-electron chi connectivity index (χ3n) is 3.32. The van der Waals surface area contributed by atoms with Crippen molar-refractivity contribution in [1.29, 1.82) is 0 Å². The van der Waals surface area contributed by atoms with Crippen molar-refractivity contribution >= 4 is 34.6 Å². The molecule has 0 aliphatic heterocycles. The third kappa shape index (κ3) is 3.87. The Morgan fingerprint density at radius 1 is 1.12 bits per heavy atom. The zero-order chi connectivity index (χ0) is 17.8. The van der Waals surface area contributed by atoms with Gasteiger partial charge in [0.15, 0.2) is 4.80 Å². The van der Waals surface area contributed by atoms with Crippen LogP contribution in [0.1, 0.15) is 9.67 Å². The number of ether oxygens (including phenoxy) is 1. The molecule has 3 rings (SSSR count). The van der Waals surface area contributed by atoms with Gasteiger partial charge in [-0.2, -0.15) is 0 Å². The van der Waals surface area contributed by atoms with Crippen LogP contribution in [-0.2, 0) is 4.74 Å². The van der Waals surface area contributed by atoms with Crippen LogP contribution in [0.3, 0.4) is 0 Å². The van der Waals surface area contributed by atoms with E-state index in [0.29, 0.717) is 21.2 Å². The highest BCUT2D eigenvalue weighted by molar-refractivity contribution is 7.11. The average Bonchev–Trinajstić information content (AvgIpc) is 2.63. The lowest BCUT2D eigenvalue weighted by Crippen LogP contribution is -2.31. The number of carbonyl (C=O) groups excluding carboxylic acids is 1. The van der Waals surface area contributed by atoms with E-state index in [0.717, 1.165) is 11.3 Å². The summed E-state index contributed by atoms with van der Waals surface area (Å²) in [5.74, 6) is -0.574. The molecule has 0 amide bonds. The molecule has 2 aromatic carbocycles.